The molecule has 0 saturated heterocycles. The number of amides is 1. The van der Waals surface area contributed by atoms with Gasteiger partial charge in [0.2, 0.25) is 0 Å². The van der Waals surface area contributed by atoms with E-state index in [1.165, 1.54) is 13.2 Å². The van der Waals surface area contributed by atoms with Crippen molar-refractivity contribution >= 4 is 28.3 Å². The molecule has 146 valence electrons. The Labute approximate surface area is 163 Å². The summed E-state index contributed by atoms with van der Waals surface area (Å²) in [5.74, 6) is -0.210. The Balaban J connectivity index is 1.78. The lowest BCUT2D eigenvalue weighted by Crippen LogP contribution is -2.26. The molecule has 0 aliphatic carbocycles. The predicted molar refractivity (Wildman–Crippen MR) is 111 cm³/mol. The van der Waals surface area contributed by atoms with Gasteiger partial charge in [-0.15, -0.1) is 0 Å². The standard InChI is InChI=1S/C22H24N2O4/c1-4-15-8-9-19-16(11-21(25)28-20(19)10-15)13-23-17-6-5-7-18(12-17)24-22(26)14(2)27-3/h5-12,14,23H,4,13H2,1-3H3,(H,24,26). The smallest absolute Gasteiger partial charge is 0.336 e. The van der Waals surface area contributed by atoms with Gasteiger partial charge in [-0.2, -0.15) is 0 Å². The Hall–Kier alpha value is -3.12. The highest BCUT2D eigenvalue weighted by Crippen LogP contribution is 2.21. The molecule has 0 saturated carbocycles. The van der Waals surface area contributed by atoms with Crippen LogP contribution >= 0.6 is 0 Å². The molecule has 28 heavy (non-hydrogen) atoms. The van der Waals surface area contributed by atoms with E-state index in [1.54, 1.807) is 6.92 Å². The van der Waals surface area contributed by atoms with Gasteiger partial charge in [-0.25, -0.2) is 4.79 Å². The topological polar surface area (TPSA) is 80.6 Å². The number of rotatable bonds is 7. The van der Waals surface area contributed by atoms with E-state index >= 15 is 0 Å². The van der Waals surface area contributed by atoms with E-state index in [-0.39, 0.29) is 11.5 Å². The molecule has 0 spiro atoms. The summed E-state index contributed by atoms with van der Waals surface area (Å²) in [6.07, 6.45) is 0.349. The fourth-order valence-corrected chi connectivity index (χ4v) is 2.90. The molecule has 0 aliphatic heterocycles. The molecule has 0 radical (unpaired) electrons. The second kappa shape index (κ2) is 8.71. The molecule has 1 atom stereocenters. The fourth-order valence-electron chi connectivity index (χ4n) is 2.90. The monoisotopic (exact) mass is 380 g/mol. The number of hydrogen-bond donors (Lipinski definition) is 2. The molecular weight excluding hydrogens is 356 g/mol. The highest BCUT2D eigenvalue weighted by molar-refractivity contribution is 5.94. The van der Waals surface area contributed by atoms with E-state index in [1.807, 2.05) is 42.5 Å². The van der Waals surface area contributed by atoms with Gasteiger partial charge in [0.15, 0.2) is 0 Å². The maximum atomic E-state index is 12.0. The van der Waals surface area contributed by atoms with E-state index in [0.717, 1.165) is 28.6 Å². The van der Waals surface area contributed by atoms with Crippen LogP contribution in [0, 0.1) is 0 Å². The SMILES string of the molecule is CCc1ccc2c(CNc3cccc(NC(=O)C(C)OC)c3)cc(=O)oc2c1. The van der Waals surface area contributed by atoms with Crippen molar-refractivity contribution in [3.05, 3.63) is 70.1 Å². The van der Waals surface area contributed by atoms with Gasteiger partial charge < -0.3 is 19.8 Å². The number of ether oxygens (including phenoxy) is 1. The largest absolute Gasteiger partial charge is 0.423 e. The zero-order chi connectivity index (χ0) is 20.1. The third kappa shape index (κ3) is 4.58. The lowest BCUT2D eigenvalue weighted by molar-refractivity contribution is -0.124. The molecule has 6 heteroatoms. The van der Waals surface area contributed by atoms with Crippen LogP contribution in [0.2, 0.25) is 0 Å². The van der Waals surface area contributed by atoms with Gasteiger partial charge >= 0.3 is 5.63 Å². The average molecular weight is 380 g/mol. The van der Waals surface area contributed by atoms with Gasteiger partial charge in [-0.1, -0.05) is 25.1 Å². The molecule has 3 rings (SSSR count). The number of nitrogens with one attached hydrogen (secondary N) is 2. The first kappa shape index (κ1) is 19.6. The highest BCUT2D eigenvalue weighted by atomic mass is 16.5. The number of benzene rings is 2. The number of fused-ring (bicyclic) bond motifs is 1. The van der Waals surface area contributed by atoms with Crippen molar-refractivity contribution in [1.29, 1.82) is 0 Å². The van der Waals surface area contributed by atoms with Gasteiger partial charge in [0.1, 0.15) is 11.7 Å². The number of anilines is 2. The summed E-state index contributed by atoms with van der Waals surface area (Å²) in [5.41, 5.74) is 3.70. The van der Waals surface area contributed by atoms with E-state index in [0.29, 0.717) is 17.8 Å². The Morgan fingerprint density at radius 2 is 1.93 bits per heavy atom. The summed E-state index contributed by atoms with van der Waals surface area (Å²) in [5, 5.41) is 7.02. The van der Waals surface area contributed by atoms with E-state index in [4.69, 9.17) is 9.15 Å². The zero-order valence-corrected chi connectivity index (χ0v) is 16.2. The average Bonchev–Trinajstić information content (AvgIpc) is 2.70. The van der Waals surface area contributed by atoms with Gasteiger partial charge in [-0.3, -0.25) is 4.79 Å². The van der Waals surface area contributed by atoms with Crippen LogP contribution in [0.25, 0.3) is 11.0 Å². The zero-order valence-electron chi connectivity index (χ0n) is 16.2. The van der Waals surface area contributed by atoms with Crippen molar-refractivity contribution in [2.45, 2.75) is 32.9 Å². The minimum absolute atomic E-state index is 0.210. The van der Waals surface area contributed by atoms with Crippen LogP contribution in [0.5, 0.6) is 0 Å². The minimum Gasteiger partial charge on any atom is -0.423 e. The third-order valence-corrected chi connectivity index (χ3v) is 4.64. The van der Waals surface area contributed by atoms with Crippen LogP contribution in [0.1, 0.15) is 25.0 Å². The Morgan fingerprint density at radius 1 is 1.14 bits per heavy atom. The van der Waals surface area contributed by atoms with Crippen molar-refractivity contribution in [2.24, 2.45) is 0 Å². The van der Waals surface area contributed by atoms with E-state index in [2.05, 4.69) is 17.6 Å². The Morgan fingerprint density at radius 3 is 2.68 bits per heavy atom. The van der Waals surface area contributed by atoms with Crippen molar-refractivity contribution in [3.63, 3.8) is 0 Å². The fraction of sp³-hybridized carbons (Fsp3) is 0.273. The van der Waals surface area contributed by atoms with Crippen LogP contribution in [0.4, 0.5) is 11.4 Å². The first-order valence-electron chi connectivity index (χ1n) is 9.23. The first-order chi connectivity index (χ1) is 13.5. The molecule has 6 nitrogen and oxygen atoms in total. The number of carbonyl (C=O) groups is 1. The number of carbonyl (C=O) groups excluding carboxylic acids is 1. The highest BCUT2D eigenvalue weighted by Gasteiger charge is 2.12. The van der Waals surface area contributed by atoms with Crippen LogP contribution in [-0.2, 0) is 22.5 Å². The molecule has 1 amide bonds. The van der Waals surface area contributed by atoms with Gasteiger partial charge in [0, 0.05) is 36.5 Å². The number of methoxy groups -OCH3 is 1. The van der Waals surface area contributed by atoms with Crippen LogP contribution in [0.15, 0.2) is 57.7 Å². The van der Waals surface area contributed by atoms with Gasteiger partial charge in [0.05, 0.1) is 0 Å². The lowest BCUT2D eigenvalue weighted by Gasteiger charge is -2.13. The normalized spacial score (nSPS) is 12.0. The summed E-state index contributed by atoms with van der Waals surface area (Å²) in [6, 6.07) is 14.8. The molecule has 2 N–H and O–H groups in total. The molecule has 0 bridgehead atoms. The van der Waals surface area contributed by atoms with Crippen molar-refractivity contribution < 1.29 is 13.9 Å². The molecule has 0 aliphatic rings. The molecular formula is C22H24N2O4. The van der Waals surface area contributed by atoms with Crippen molar-refractivity contribution in [2.75, 3.05) is 17.7 Å². The second-order valence-electron chi connectivity index (χ2n) is 6.58. The van der Waals surface area contributed by atoms with Crippen molar-refractivity contribution in [1.82, 2.24) is 0 Å². The lowest BCUT2D eigenvalue weighted by atomic mass is 10.1. The minimum atomic E-state index is -0.528. The van der Waals surface area contributed by atoms with Gasteiger partial charge in [0.25, 0.3) is 5.91 Å². The predicted octanol–water partition coefficient (Wildman–Crippen LogP) is 3.94. The summed E-state index contributed by atoms with van der Waals surface area (Å²) in [4.78, 5) is 23.9. The van der Waals surface area contributed by atoms with Crippen LogP contribution < -0.4 is 16.3 Å². The first-order valence-corrected chi connectivity index (χ1v) is 9.23. The Kier molecular flexibility index (Phi) is 6.11. The van der Waals surface area contributed by atoms with Crippen LogP contribution in [-0.4, -0.2) is 19.1 Å². The van der Waals surface area contributed by atoms with Gasteiger partial charge in [-0.05, 0) is 48.7 Å². The third-order valence-electron chi connectivity index (χ3n) is 4.64. The maximum Gasteiger partial charge on any atom is 0.336 e. The summed E-state index contributed by atoms with van der Waals surface area (Å²) in [7, 11) is 1.49. The van der Waals surface area contributed by atoms with E-state index < -0.39 is 6.10 Å². The summed E-state index contributed by atoms with van der Waals surface area (Å²) >= 11 is 0. The summed E-state index contributed by atoms with van der Waals surface area (Å²) in [6.45, 7) is 4.21. The molecule has 3 aromatic rings. The molecule has 2 aromatic carbocycles. The summed E-state index contributed by atoms with van der Waals surface area (Å²) < 4.78 is 10.4. The molecule has 1 aromatic heterocycles. The molecule has 1 heterocycles. The molecule has 0 fully saturated rings. The quantitative estimate of drug-likeness (QED) is 0.607. The Bertz CT molecular complexity index is 1040. The maximum absolute atomic E-state index is 12.0. The van der Waals surface area contributed by atoms with E-state index in [9.17, 15) is 9.59 Å². The molecule has 1 unspecified atom stereocenters. The van der Waals surface area contributed by atoms with Crippen LogP contribution in [0.3, 0.4) is 0 Å². The van der Waals surface area contributed by atoms with Crippen molar-refractivity contribution in [3.8, 4) is 0 Å². The second-order valence-corrected chi connectivity index (χ2v) is 6.58. The number of aryl methyl sites for hydroxylation is 1. The number of hydrogen-bond acceptors (Lipinski definition) is 5.